The van der Waals surface area contributed by atoms with Crippen LogP contribution in [-0.2, 0) is 21.5 Å². The fourth-order valence-corrected chi connectivity index (χ4v) is 3.39. The highest BCUT2D eigenvalue weighted by molar-refractivity contribution is 5.74. The first-order valence-electron chi connectivity index (χ1n) is 8.80. The highest BCUT2D eigenvalue weighted by atomic mass is 16.6. The van der Waals surface area contributed by atoms with E-state index >= 15 is 0 Å². The van der Waals surface area contributed by atoms with E-state index in [2.05, 4.69) is 15.4 Å². The standard InChI is InChI=1S/C18H23N5O3/c1-3-26-17(25)22-11-9-18(10-12-22,15-7-5-4-6-8-15)16-19-21-23(20-16)13-14(2)24/h4-8H,3,9-13H2,1-2H3. The normalized spacial score (nSPS) is 16.3. The Balaban J connectivity index is 1.89. The summed E-state index contributed by atoms with van der Waals surface area (Å²) in [5.74, 6) is 0.563. The summed E-state index contributed by atoms with van der Waals surface area (Å²) in [7, 11) is 0. The van der Waals surface area contributed by atoms with Gasteiger partial charge in [0, 0.05) is 13.1 Å². The van der Waals surface area contributed by atoms with Crippen molar-refractivity contribution in [3.05, 3.63) is 41.7 Å². The lowest BCUT2D eigenvalue weighted by atomic mass is 9.72. The quantitative estimate of drug-likeness (QED) is 0.810. The van der Waals surface area contributed by atoms with Gasteiger partial charge in [-0.1, -0.05) is 30.3 Å². The van der Waals surface area contributed by atoms with Crippen LogP contribution in [-0.4, -0.2) is 56.7 Å². The summed E-state index contributed by atoms with van der Waals surface area (Å²) in [6, 6.07) is 10.0. The molecule has 0 N–H and O–H groups in total. The van der Waals surface area contributed by atoms with Crippen molar-refractivity contribution in [2.24, 2.45) is 0 Å². The number of benzene rings is 1. The summed E-state index contributed by atoms with van der Waals surface area (Å²) in [5, 5.41) is 12.7. The van der Waals surface area contributed by atoms with Crippen LogP contribution in [0.2, 0.25) is 0 Å². The molecule has 1 aliphatic heterocycles. The minimum Gasteiger partial charge on any atom is -0.450 e. The Labute approximate surface area is 152 Å². The topological polar surface area (TPSA) is 90.2 Å². The summed E-state index contributed by atoms with van der Waals surface area (Å²) in [6.07, 6.45) is 1.05. The average Bonchev–Trinajstić information content (AvgIpc) is 3.11. The van der Waals surface area contributed by atoms with Gasteiger partial charge in [0.05, 0.1) is 12.0 Å². The van der Waals surface area contributed by atoms with E-state index in [1.165, 1.54) is 11.7 Å². The summed E-state index contributed by atoms with van der Waals surface area (Å²) in [4.78, 5) is 26.4. The third kappa shape index (κ3) is 3.58. The maximum atomic E-state index is 12.0. The predicted molar refractivity (Wildman–Crippen MR) is 93.5 cm³/mol. The van der Waals surface area contributed by atoms with Crippen LogP contribution in [0.3, 0.4) is 0 Å². The van der Waals surface area contributed by atoms with E-state index in [-0.39, 0.29) is 18.4 Å². The van der Waals surface area contributed by atoms with Crippen molar-refractivity contribution < 1.29 is 14.3 Å². The maximum absolute atomic E-state index is 12.0. The highest BCUT2D eigenvalue weighted by Gasteiger charge is 2.42. The molecule has 0 spiro atoms. The Morgan fingerprint density at radius 2 is 1.88 bits per heavy atom. The average molecular weight is 357 g/mol. The van der Waals surface area contributed by atoms with E-state index in [4.69, 9.17) is 4.74 Å². The zero-order chi connectivity index (χ0) is 18.6. The molecule has 0 atom stereocenters. The molecule has 1 aliphatic rings. The molecule has 0 radical (unpaired) electrons. The molecule has 2 aromatic rings. The van der Waals surface area contributed by atoms with E-state index in [0.29, 0.717) is 38.4 Å². The lowest BCUT2D eigenvalue weighted by Crippen LogP contribution is -2.46. The number of carbonyl (C=O) groups excluding carboxylic acids is 2. The number of carbonyl (C=O) groups is 2. The number of rotatable bonds is 5. The summed E-state index contributed by atoms with van der Waals surface area (Å²) in [6.45, 7) is 4.86. The van der Waals surface area contributed by atoms with E-state index in [9.17, 15) is 9.59 Å². The van der Waals surface area contributed by atoms with Gasteiger partial charge in [0.15, 0.2) is 11.6 Å². The molecule has 26 heavy (non-hydrogen) atoms. The van der Waals surface area contributed by atoms with E-state index in [0.717, 1.165) is 5.56 Å². The largest absolute Gasteiger partial charge is 0.450 e. The number of hydrogen-bond donors (Lipinski definition) is 0. The van der Waals surface area contributed by atoms with E-state index < -0.39 is 5.41 Å². The van der Waals surface area contributed by atoms with Gasteiger partial charge in [0.2, 0.25) is 0 Å². The molecule has 1 aromatic carbocycles. The number of piperidine rings is 1. The number of tetrazole rings is 1. The van der Waals surface area contributed by atoms with Gasteiger partial charge in [-0.05, 0) is 37.5 Å². The Hall–Kier alpha value is -2.77. The molecule has 0 aliphatic carbocycles. The number of nitrogens with zero attached hydrogens (tertiary/aromatic N) is 5. The van der Waals surface area contributed by atoms with Crippen molar-refractivity contribution >= 4 is 11.9 Å². The molecule has 8 nitrogen and oxygen atoms in total. The Kier molecular flexibility index (Phi) is 5.29. The summed E-state index contributed by atoms with van der Waals surface area (Å²) in [5.41, 5.74) is 0.658. The van der Waals surface area contributed by atoms with Crippen molar-refractivity contribution in [1.82, 2.24) is 25.1 Å². The first-order valence-corrected chi connectivity index (χ1v) is 8.80. The van der Waals surface area contributed by atoms with Crippen LogP contribution in [0, 0.1) is 0 Å². The van der Waals surface area contributed by atoms with E-state index in [1.54, 1.807) is 11.8 Å². The molecule has 1 saturated heterocycles. The summed E-state index contributed by atoms with van der Waals surface area (Å²) < 4.78 is 5.11. The van der Waals surface area contributed by atoms with Gasteiger partial charge < -0.3 is 9.64 Å². The molecule has 138 valence electrons. The predicted octanol–water partition coefficient (Wildman–Crippen LogP) is 1.80. The smallest absolute Gasteiger partial charge is 0.409 e. The van der Waals surface area contributed by atoms with Gasteiger partial charge in [-0.2, -0.15) is 4.80 Å². The molecule has 2 heterocycles. The van der Waals surface area contributed by atoms with Crippen molar-refractivity contribution in [2.75, 3.05) is 19.7 Å². The lowest BCUT2D eigenvalue weighted by molar-refractivity contribution is -0.117. The van der Waals surface area contributed by atoms with Crippen LogP contribution >= 0.6 is 0 Å². The number of Topliss-reactive ketones (excluding diaryl/α,β-unsaturated/α-hetero) is 1. The van der Waals surface area contributed by atoms with Crippen molar-refractivity contribution in [3.8, 4) is 0 Å². The third-order valence-electron chi connectivity index (χ3n) is 4.71. The molecular weight excluding hydrogens is 334 g/mol. The zero-order valence-corrected chi connectivity index (χ0v) is 15.1. The van der Waals surface area contributed by atoms with Crippen LogP contribution < -0.4 is 0 Å². The highest BCUT2D eigenvalue weighted by Crippen LogP contribution is 2.39. The van der Waals surface area contributed by atoms with E-state index in [1.807, 2.05) is 30.3 Å². The van der Waals surface area contributed by atoms with Gasteiger partial charge in [-0.3, -0.25) is 4.79 Å². The number of aromatic nitrogens is 4. The van der Waals surface area contributed by atoms with Crippen LogP contribution in [0.5, 0.6) is 0 Å². The second kappa shape index (κ2) is 7.63. The number of likely N-dealkylation sites (tertiary alicyclic amines) is 1. The maximum Gasteiger partial charge on any atom is 0.409 e. The molecule has 0 unspecified atom stereocenters. The number of amides is 1. The summed E-state index contributed by atoms with van der Waals surface area (Å²) >= 11 is 0. The molecule has 1 fully saturated rings. The molecule has 1 aromatic heterocycles. The first kappa shape index (κ1) is 18.0. The lowest BCUT2D eigenvalue weighted by Gasteiger charge is -2.39. The number of ketones is 1. The molecular formula is C18H23N5O3. The van der Waals surface area contributed by atoms with Crippen LogP contribution in [0.4, 0.5) is 4.79 Å². The van der Waals surface area contributed by atoms with Crippen molar-refractivity contribution in [2.45, 2.75) is 38.6 Å². The van der Waals surface area contributed by atoms with Gasteiger partial charge >= 0.3 is 6.09 Å². The number of hydrogen-bond acceptors (Lipinski definition) is 6. The van der Waals surface area contributed by atoms with Crippen molar-refractivity contribution in [3.63, 3.8) is 0 Å². The van der Waals surface area contributed by atoms with Crippen molar-refractivity contribution in [1.29, 1.82) is 0 Å². The monoisotopic (exact) mass is 357 g/mol. The van der Waals surface area contributed by atoms with Gasteiger partial charge in [0.25, 0.3) is 0 Å². The Morgan fingerprint density at radius 3 is 2.50 bits per heavy atom. The third-order valence-corrected chi connectivity index (χ3v) is 4.71. The second-order valence-corrected chi connectivity index (χ2v) is 6.48. The van der Waals surface area contributed by atoms with Crippen LogP contribution in [0.25, 0.3) is 0 Å². The molecule has 0 bridgehead atoms. The van der Waals surface area contributed by atoms with Crippen LogP contribution in [0.1, 0.15) is 38.1 Å². The molecule has 1 amide bonds. The van der Waals surface area contributed by atoms with Crippen LogP contribution in [0.15, 0.2) is 30.3 Å². The van der Waals surface area contributed by atoms with Gasteiger partial charge in [0.1, 0.15) is 6.54 Å². The van der Waals surface area contributed by atoms with Gasteiger partial charge in [-0.15, -0.1) is 10.2 Å². The molecule has 3 rings (SSSR count). The fourth-order valence-electron chi connectivity index (χ4n) is 3.39. The zero-order valence-electron chi connectivity index (χ0n) is 15.1. The first-order chi connectivity index (χ1) is 12.5. The SMILES string of the molecule is CCOC(=O)N1CCC(c2ccccc2)(c2nnn(CC(C)=O)n2)CC1. The minimum atomic E-state index is -0.431. The Morgan fingerprint density at radius 1 is 1.19 bits per heavy atom. The number of ether oxygens (including phenoxy) is 1. The minimum absolute atomic E-state index is 0.0279. The van der Waals surface area contributed by atoms with Gasteiger partial charge in [-0.25, -0.2) is 4.79 Å². The molecule has 0 saturated carbocycles. The fraction of sp³-hybridized carbons (Fsp3) is 0.500. The molecule has 8 heteroatoms. The second-order valence-electron chi connectivity index (χ2n) is 6.48. The Bertz CT molecular complexity index is 766.